The molecule has 12 heteroatoms. The van der Waals surface area contributed by atoms with Crippen LogP contribution >= 0.6 is 0 Å². The lowest BCUT2D eigenvalue weighted by Crippen LogP contribution is -2.66. The van der Waals surface area contributed by atoms with Gasteiger partial charge >= 0.3 is 5.97 Å². The van der Waals surface area contributed by atoms with Gasteiger partial charge in [0, 0.05) is 18.6 Å². The number of ether oxygens (including phenoxy) is 10. The first-order chi connectivity index (χ1) is 30.5. The summed E-state index contributed by atoms with van der Waals surface area (Å²) in [7, 11) is 1.42. The Hall–Kier alpha value is -4.05. The van der Waals surface area contributed by atoms with E-state index in [-0.39, 0.29) is 19.2 Å². The second-order valence-corrected chi connectivity index (χ2v) is 16.1. The smallest absolute Gasteiger partial charge is 0.305 e. The van der Waals surface area contributed by atoms with Crippen LogP contribution in [0.2, 0.25) is 0 Å². The Labute approximate surface area is 365 Å². The molecule has 1 unspecified atom stereocenters. The van der Waals surface area contributed by atoms with Crippen molar-refractivity contribution in [1.82, 2.24) is 0 Å². The molecular formula is C50H62O12. The minimum Gasteiger partial charge on any atom is -0.469 e. The second kappa shape index (κ2) is 24.1. The number of methoxy groups -OCH3 is 1. The summed E-state index contributed by atoms with van der Waals surface area (Å²) in [6, 6.07) is 39.5. The molecule has 3 saturated heterocycles. The summed E-state index contributed by atoms with van der Waals surface area (Å²) >= 11 is 0. The number of aliphatic hydroxyl groups is 1. The van der Waals surface area contributed by atoms with Crippen molar-refractivity contribution in [2.45, 2.75) is 139 Å². The minimum absolute atomic E-state index is 0.176. The van der Waals surface area contributed by atoms with E-state index in [1.54, 1.807) is 0 Å². The fourth-order valence-electron chi connectivity index (χ4n) is 8.14. The highest BCUT2D eigenvalue weighted by molar-refractivity contribution is 5.68. The van der Waals surface area contributed by atoms with Gasteiger partial charge in [-0.05, 0) is 36.5 Å². The van der Waals surface area contributed by atoms with Gasteiger partial charge in [0.1, 0.15) is 42.7 Å². The standard InChI is InChI=1S/C50H62O12/c1-35-43(55-31-36-21-11-7-12-22-36)46(56-32-37-23-13-8-14-24-37)47(57-33-38-25-15-9-16-26-38)50(59-35)62-45-42(52)44-40(34-58-48(61-44)39-27-17-10-18-28-39)60-49(45)54-30-20-6-4-3-5-19-29-41(51)53-2/h7-18,21-28,35,40,42-50,52H,3-6,19-20,29-34H2,1-2H3/t35-,40-,42+,43-,44-,45-,46+,47-,48?,49+,50-/m1/s1. The molecule has 334 valence electrons. The third-order valence-corrected chi connectivity index (χ3v) is 11.5. The molecule has 4 aromatic carbocycles. The highest BCUT2D eigenvalue weighted by atomic mass is 16.8. The second-order valence-electron chi connectivity index (χ2n) is 16.1. The molecule has 3 aliphatic heterocycles. The average molecular weight is 855 g/mol. The zero-order chi connectivity index (χ0) is 42.9. The Morgan fingerprint density at radius 1 is 0.597 bits per heavy atom. The predicted molar refractivity (Wildman–Crippen MR) is 229 cm³/mol. The zero-order valence-corrected chi connectivity index (χ0v) is 35.8. The van der Waals surface area contributed by atoms with Crippen molar-refractivity contribution in [2.24, 2.45) is 0 Å². The van der Waals surface area contributed by atoms with Gasteiger partial charge < -0.3 is 52.5 Å². The van der Waals surface area contributed by atoms with Crippen LogP contribution in [0.5, 0.6) is 0 Å². The predicted octanol–water partition coefficient (Wildman–Crippen LogP) is 7.99. The first-order valence-electron chi connectivity index (χ1n) is 22.1. The lowest BCUT2D eigenvalue weighted by atomic mass is 9.96. The maximum atomic E-state index is 12.3. The van der Waals surface area contributed by atoms with E-state index in [0.29, 0.717) is 26.2 Å². The molecule has 3 fully saturated rings. The van der Waals surface area contributed by atoms with E-state index in [1.165, 1.54) is 7.11 Å². The largest absolute Gasteiger partial charge is 0.469 e. The molecular weight excluding hydrogens is 793 g/mol. The van der Waals surface area contributed by atoms with Crippen LogP contribution in [0.3, 0.4) is 0 Å². The van der Waals surface area contributed by atoms with Crippen LogP contribution in [0.25, 0.3) is 0 Å². The van der Waals surface area contributed by atoms with Crippen molar-refractivity contribution in [3.63, 3.8) is 0 Å². The lowest BCUT2D eigenvalue weighted by molar-refractivity contribution is -0.396. The van der Waals surface area contributed by atoms with Gasteiger partial charge in [0.15, 0.2) is 18.9 Å². The van der Waals surface area contributed by atoms with E-state index < -0.39 is 67.7 Å². The molecule has 3 aliphatic rings. The summed E-state index contributed by atoms with van der Waals surface area (Å²) in [6.07, 6.45) is -2.96. The van der Waals surface area contributed by atoms with Gasteiger partial charge in [-0.25, -0.2) is 0 Å². The van der Waals surface area contributed by atoms with Crippen molar-refractivity contribution < 1.29 is 57.3 Å². The Morgan fingerprint density at radius 3 is 1.73 bits per heavy atom. The Morgan fingerprint density at radius 2 is 1.13 bits per heavy atom. The van der Waals surface area contributed by atoms with Gasteiger partial charge in [-0.1, -0.05) is 147 Å². The molecule has 4 aromatic rings. The number of carbonyl (C=O) groups is 1. The topological polar surface area (TPSA) is 130 Å². The first kappa shape index (κ1) is 46.0. The molecule has 0 radical (unpaired) electrons. The molecule has 62 heavy (non-hydrogen) atoms. The summed E-state index contributed by atoms with van der Waals surface area (Å²) in [5, 5.41) is 12.3. The third kappa shape index (κ3) is 13.0. The summed E-state index contributed by atoms with van der Waals surface area (Å²) in [5.74, 6) is -0.176. The third-order valence-electron chi connectivity index (χ3n) is 11.5. The maximum absolute atomic E-state index is 12.3. The summed E-state index contributed by atoms with van der Waals surface area (Å²) in [5.41, 5.74) is 3.80. The van der Waals surface area contributed by atoms with Crippen molar-refractivity contribution in [3.05, 3.63) is 144 Å². The van der Waals surface area contributed by atoms with E-state index in [2.05, 4.69) is 0 Å². The van der Waals surface area contributed by atoms with Gasteiger partial charge in [0.05, 0.1) is 39.6 Å². The molecule has 0 aliphatic carbocycles. The lowest BCUT2D eigenvalue weighted by Gasteiger charge is -2.50. The number of hydrogen-bond donors (Lipinski definition) is 1. The van der Waals surface area contributed by atoms with E-state index in [4.69, 9.17) is 47.4 Å². The Bertz CT molecular complexity index is 1850. The van der Waals surface area contributed by atoms with Gasteiger partial charge in [0.25, 0.3) is 0 Å². The molecule has 0 bridgehead atoms. The molecule has 1 N–H and O–H groups in total. The minimum atomic E-state index is -1.19. The highest BCUT2D eigenvalue weighted by Crippen LogP contribution is 2.38. The van der Waals surface area contributed by atoms with Crippen LogP contribution in [0.4, 0.5) is 0 Å². The molecule has 12 nitrogen and oxygen atoms in total. The van der Waals surface area contributed by atoms with Gasteiger partial charge in [0.2, 0.25) is 0 Å². The van der Waals surface area contributed by atoms with Gasteiger partial charge in [-0.2, -0.15) is 0 Å². The number of rotatable bonds is 22. The number of fused-ring (bicyclic) bond motifs is 1. The monoisotopic (exact) mass is 854 g/mol. The average Bonchev–Trinajstić information content (AvgIpc) is 3.31. The highest BCUT2D eigenvalue weighted by Gasteiger charge is 2.54. The number of hydrogen-bond acceptors (Lipinski definition) is 12. The zero-order valence-electron chi connectivity index (χ0n) is 35.8. The van der Waals surface area contributed by atoms with Crippen LogP contribution < -0.4 is 0 Å². The Kier molecular flexibility index (Phi) is 17.9. The van der Waals surface area contributed by atoms with Gasteiger partial charge in [-0.3, -0.25) is 4.79 Å². The fraction of sp³-hybridized carbons (Fsp3) is 0.500. The number of benzene rings is 4. The van der Waals surface area contributed by atoms with Crippen molar-refractivity contribution in [1.29, 1.82) is 0 Å². The first-order valence-corrected chi connectivity index (χ1v) is 22.1. The van der Waals surface area contributed by atoms with E-state index in [0.717, 1.165) is 60.8 Å². The molecule has 7 rings (SSSR count). The van der Waals surface area contributed by atoms with Crippen molar-refractivity contribution in [2.75, 3.05) is 20.3 Å². The molecule has 0 saturated carbocycles. The molecule has 0 amide bonds. The van der Waals surface area contributed by atoms with Crippen LogP contribution in [0, 0.1) is 0 Å². The summed E-state index contributed by atoms with van der Waals surface area (Å²) in [6.45, 7) is 3.39. The maximum Gasteiger partial charge on any atom is 0.305 e. The van der Waals surface area contributed by atoms with E-state index in [9.17, 15) is 9.90 Å². The molecule has 11 atom stereocenters. The SMILES string of the molecule is COC(=O)CCCCCCCCO[C@H]1O[C@@H]2COC(c3ccccc3)O[C@H]2[C@H](O)[C@H]1O[C@H]1O[C@H](C)[C@@H](OCc2ccccc2)[C@H](OCc2ccccc2)[C@H]1OCc1ccccc1. The van der Waals surface area contributed by atoms with E-state index in [1.807, 2.05) is 128 Å². The normalized spacial score (nSPS) is 28.5. The quantitative estimate of drug-likeness (QED) is 0.0608. The summed E-state index contributed by atoms with van der Waals surface area (Å²) in [4.78, 5) is 11.5. The Balaban J connectivity index is 1.11. The fourth-order valence-corrected chi connectivity index (χ4v) is 8.14. The van der Waals surface area contributed by atoms with Gasteiger partial charge in [-0.15, -0.1) is 0 Å². The van der Waals surface area contributed by atoms with Crippen molar-refractivity contribution >= 4 is 5.97 Å². The molecule has 3 heterocycles. The van der Waals surface area contributed by atoms with E-state index >= 15 is 0 Å². The van der Waals surface area contributed by atoms with Crippen LogP contribution in [0.15, 0.2) is 121 Å². The number of esters is 1. The van der Waals surface area contributed by atoms with Crippen LogP contribution in [-0.4, -0.2) is 92.8 Å². The molecule has 0 aromatic heterocycles. The van der Waals surface area contributed by atoms with Crippen molar-refractivity contribution in [3.8, 4) is 0 Å². The number of carbonyl (C=O) groups excluding carboxylic acids is 1. The number of unbranched alkanes of at least 4 members (excludes halogenated alkanes) is 5. The summed E-state index contributed by atoms with van der Waals surface area (Å²) < 4.78 is 64.2. The number of aliphatic hydroxyl groups excluding tert-OH is 1. The van der Waals surface area contributed by atoms with Crippen LogP contribution in [-0.2, 0) is 72.0 Å². The van der Waals surface area contributed by atoms with Crippen LogP contribution in [0.1, 0.15) is 80.4 Å². The molecule has 0 spiro atoms.